The van der Waals surface area contributed by atoms with Gasteiger partial charge in [-0.15, -0.1) is 0 Å². The van der Waals surface area contributed by atoms with Crippen LogP contribution in [0.15, 0.2) is 60.7 Å². The standard InChI is InChI=1S/C24H20F2N4O4/c1-33-19-12-18(20(34-2)11-17(19)29-23(31)13-6-4-3-5-7-13)30-24(32)14-8-9-15-16(10-14)28-22(27-15)21(25)26/h3-12,21H,1-2H3,(H,27,28)(H,29,31)(H,30,32). The number of aromatic amines is 1. The van der Waals surface area contributed by atoms with Crippen LogP contribution in [0.5, 0.6) is 11.5 Å². The highest BCUT2D eigenvalue weighted by molar-refractivity contribution is 6.08. The Balaban J connectivity index is 1.59. The summed E-state index contributed by atoms with van der Waals surface area (Å²) in [5.74, 6) is -0.733. The van der Waals surface area contributed by atoms with Gasteiger partial charge in [0.15, 0.2) is 5.82 Å². The molecule has 1 aromatic heterocycles. The fourth-order valence-electron chi connectivity index (χ4n) is 3.35. The maximum atomic E-state index is 12.9. The molecule has 0 aliphatic rings. The van der Waals surface area contributed by atoms with E-state index in [0.717, 1.165) is 0 Å². The summed E-state index contributed by atoms with van der Waals surface area (Å²) in [4.78, 5) is 31.7. The number of aromatic nitrogens is 2. The Bertz CT molecular complexity index is 1360. The molecule has 3 aromatic carbocycles. The lowest BCUT2D eigenvalue weighted by Gasteiger charge is -2.16. The number of methoxy groups -OCH3 is 2. The maximum absolute atomic E-state index is 12.9. The summed E-state index contributed by atoms with van der Waals surface area (Å²) < 4.78 is 36.6. The van der Waals surface area contributed by atoms with Gasteiger partial charge in [0.05, 0.1) is 36.6 Å². The molecule has 0 fully saturated rings. The summed E-state index contributed by atoms with van der Waals surface area (Å²) in [6.45, 7) is 0. The normalized spacial score (nSPS) is 10.9. The SMILES string of the molecule is COc1cc(NC(=O)c2ccc3nc(C(F)F)[nH]c3c2)c(OC)cc1NC(=O)c1ccccc1. The van der Waals surface area contributed by atoms with Crippen LogP contribution in [0.2, 0.25) is 0 Å². The van der Waals surface area contributed by atoms with E-state index in [-0.39, 0.29) is 17.2 Å². The highest BCUT2D eigenvalue weighted by Gasteiger charge is 2.18. The molecule has 2 amide bonds. The molecular formula is C24H20F2N4O4. The third-order valence-corrected chi connectivity index (χ3v) is 5.02. The Morgan fingerprint density at radius 1 is 0.853 bits per heavy atom. The Morgan fingerprint density at radius 3 is 2.00 bits per heavy atom. The molecule has 8 nitrogen and oxygen atoms in total. The average Bonchev–Trinajstić information content (AvgIpc) is 3.29. The van der Waals surface area contributed by atoms with E-state index in [0.29, 0.717) is 33.7 Å². The number of rotatable bonds is 7. The predicted molar refractivity (Wildman–Crippen MR) is 123 cm³/mol. The molecule has 0 saturated carbocycles. The molecule has 174 valence electrons. The molecule has 0 aliphatic heterocycles. The van der Waals surface area contributed by atoms with E-state index in [1.807, 2.05) is 0 Å². The predicted octanol–water partition coefficient (Wildman–Crippen LogP) is 5.02. The van der Waals surface area contributed by atoms with Crippen molar-refractivity contribution >= 4 is 34.2 Å². The number of hydrogen-bond acceptors (Lipinski definition) is 5. The van der Waals surface area contributed by atoms with Gasteiger partial charge in [0, 0.05) is 23.3 Å². The van der Waals surface area contributed by atoms with Gasteiger partial charge >= 0.3 is 0 Å². The van der Waals surface area contributed by atoms with Crippen molar-refractivity contribution < 1.29 is 27.8 Å². The summed E-state index contributed by atoms with van der Waals surface area (Å²) in [5.41, 5.74) is 1.96. The Hall–Kier alpha value is -4.47. The van der Waals surface area contributed by atoms with Crippen molar-refractivity contribution in [1.29, 1.82) is 0 Å². The summed E-state index contributed by atoms with van der Waals surface area (Å²) >= 11 is 0. The minimum absolute atomic E-state index is 0.222. The number of carbonyl (C=O) groups excluding carboxylic acids is 2. The van der Waals surface area contributed by atoms with Crippen LogP contribution in [-0.2, 0) is 0 Å². The Morgan fingerprint density at radius 2 is 1.44 bits per heavy atom. The lowest BCUT2D eigenvalue weighted by Crippen LogP contribution is -2.15. The number of fused-ring (bicyclic) bond motifs is 1. The first-order valence-electron chi connectivity index (χ1n) is 10.1. The van der Waals surface area contributed by atoms with Crippen molar-refractivity contribution in [1.82, 2.24) is 9.97 Å². The molecular weight excluding hydrogens is 446 g/mol. The van der Waals surface area contributed by atoms with Gasteiger partial charge in [0.25, 0.3) is 18.2 Å². The molecule has 0 aliphatic carbocycles. The third kappa shape index (κ3) is 4.65. The van der Waals surface area contributed by atoms with Crippen molar-refractivity contribution in [3.05, 3.63) is 77.6 Å². The molecule has 4 aromatic rings. The van der Waals surface area contributed by atoms with E-state index in [2.05, 4.69) is 20.6 Å². The summed E-state index contributed by atoms with van der Waals surface area (Å²) in [7, 11) is 2.85. The highest BCUT2D eigenvalue weighted by atomic mass is 19.3. The summed E-state index contributed by atoms with van der Waals surface area (Å²) in [6, 6.07) is 16.1. The number of H-pyrrole nitrogens is 1. The van der Waals surface area contributed by atoms with Crippen LogP contribution in [0.3, 0.4) is 0 Å². The lowest BCUT2D eigenvalue weighted by atomic mass is 10.1. The van der Waals surface area contributed by atoms with E-state index in [1.54, 1.807) is 30.3 Å². The zero-order valence-corrected chi connectivity index (χ0v) is 18.2. The number of anilines is 2. The van der Waals surface area contributed by atoms with Gasteiger partial charge in [-0.05, 0) is 30.3 Å². The first-order valence-corrected chi connectivity index (χ1v) is 10.1. The lowest BCUT2D eigenvalue weighted by molar-refractivity contribution is 0.101. The number of ether oxygens (including phenoxy) is 2. The van der Waals surface area contributed by atoms with Gasteiger partial charge in [0.2, 0.25) is 0 Å². The first-order chi connectivity index (χ1) is 16.4. The number of benzene rings is 3. The minimum Gasteiger partial charge on any atom is -0.494 e. The van der Waals surface area contributed by atoms with E-state index in [9.17, 15) is 18.4 Å². The summed E-state index contributed by atoms with van der Waals surface area (Å²) in [5, 5.41) is 5.49. The smallest absolute Gasteiger partial charge is 0.295 e. The number of nitrogens with one attached hydrogen (secondary N) is 3. The molecule has 0 unspecified atom stereocenters. The van der Waals surface area contributed by atoms with Crippen molar-refractivity contribution in [2.75, 3.05) is 24.9 Å². The second kappa shape index (κ2) is 9.57. The molecule has 0 bridgehead atoms. The quantitative estimate of drug-likeness (QED) is 0.355. The average molecular weight is 466 g/mol. The van der Waals surface area contributed by atoms with Crippen LogP contribution in [0.1, 0.15) is 33.0 Å². The zero-order valence-electron chi connectivity index (χ0n) is 18.2. The van der Waals surface area contributed by atoms with Crippen LogP contribution in [-0.4, -0.2) is 36.0 Å². The van der Waals surface area contributed by atoms with Gasteiger partial charge in [-0.3, -0.25) is 9.59 Å². The molecule has 3 N–H and O–H groups in total. The van der Waals surface area contributed by atoms with Crippen LogP contribution in [0.4, 0.5) is 20.2 Å². The van der Waals surface area contributed by atoms with Gasteiger partial charge < -0.3 is 25.1 Å². The summed E-state index contributed by atoms with van der Waals surface area (Å²) in [6.07, 6.45) is -2.75. The molecule has 0 saturated heterocycles. The number of imidazole rings is 1. The van der Waals surface area contributed by atoms with Crippen molar-refractivity contribution in [2.45, 2.75) is 6.43 Å². The van der Waals surface area contributed by atoms with Crippen LogP contribution < -0.4 is 20.1 Å². The minimum atomic E-state index is -2.75. The van der Waals surface area contributed by atoms with Crippen molar-refractivity contribution in [3.63, 3.8) is 0 Å². The number of hydrogen-bond donors (Lipinski definition) is 3. The van der Waals surface area contributed by atoms with Crippen molar-refractivity contribution in [2.24, 2.45) is 0 Å². The first kappa shape index (κ1) is 22.7. The van der Waals surface area contributed by atoms with Crippen molar-refractivity contribution in [3.8, 4) is 11.5 Å². The van der Waals surface area contributed by atoms with Crippen LogP contribution >= 0.6 is 0 Å². The maximum Gasteiger partial charge on any atom is 0.295 e. The Labute approximate surface area is 192 Å². The molecule has 10 heteroatoms. The molecule has 1 heterocycles. The largest absolute Gasteiger partial charge is 0.494 e. The van der Waals surface area contributed by atoms with Gasteiger partial charge in [-0.2, -0.15) is 0 Å². The number of halogens is 2. The topological polar surface area (TPSA) is 105 Å². The molecule has 0 atom stereocenters. The number of amides is 2. The molecule has 0 radical (unpaired) electrons. The molecule has 34 heavy (non-hydrogen) atoms. The second-order valence-electron chi connectivity index (χ2n) is 7.18. The van der Waals surface area contributed by atoms with E-state index in [4.69, 9.17) is 9.47 Å². The zero-order chi connectivity index (χ0) is 24.2. The van der Waals surface area contributed by atoms with Gasteiger partial charge in [0.1, 0.15) is 11.5 Å². The van der Waals surface area contributed by atoms with E-state index >= 15 is 0 Å². The Kier molecular flexibility index (Phi) is 6.39. The number of alkyl halides is 2. The number of nitrogens with zero attached hydrogens (tertiary/aromatic N) is 1. The fourth-order valence-corrected chi connectivity index (χ4v) is 3.35. The van der Waals surface area contributed by atoms with E-state index < -0.39 is 18.2 Å². The third-order valence-electron chi connectivity index (χ3n) is 5.02. The second-order valence-corrected chi connectivity index (χ2v) is 7.18. The monoisotopic (exact) mass is 466 g/mol. The van der Waals surface area contributed by atoms with Crippen LogP contribution in [0.25, 0.3) is 11.0 Å². The van der Waals surface area contributed by atoms with Gasteiger partial charge in [-0.1, -0.05) is 18.2 Å². The molecule has 0 spiro atoms. The van der Waals surface area contributed by atoms with Gasteiger partial charge in [-0.25, -0.2) is 13.8 Å². The van der Waals surface area contributed by atoms with E-state index in [1.165, 1.54) is 44.6 Å². The van der Waals surface area contributed by atoms with Crippen LogP contribution in [0, 0.1) is 0 Å². The number of carbonyl (C=O) groups is 2. The highest BCUT2D eigenvalue weighted by Crippen LogP contribution is 2.37. The molecule has 4 rings (SSSR count). The fraction of sp³-hybridized carbons (Fsp3) is 0.125.